The highest BCUT2D eigenvalue weighted by atomic mass is 16.5. The van der Waals surface area contributed by atoms with Crippen molar-refractivity contribution in [1.82, 2.24) is 15.5 Å². The molecule has 3 heterocycles. The highest BCUT2D eigenvalue weighted by molar-refractivity contribution is 6.02. The van der Waals surface area contributed by atoms with Crippen LogP contribution in [0.25, 0.3) is 11.0 Å². The molecule has 3 rings (SSSR count). The van der Waals surface area contributed by atoms with Gasteiger partial charge in [0.15, 0.2) is 0 Å². The predicted molar refractivity (Wildman–Crippen MR) is 70.5 cm³/mol. The molecule has 0 saturated carbocycles. The molecular formula is C13H15N3O5. The third kappa shape index (κ3) is 2.60. The first-order valence-corrected chi connectivity index (χ1v) is 6.62. The monoisotopic (exact) mass is 293 g/mol. The molecule has 1 fully saturated rings. The fourth-order valence-corrected chi connectivity index (χ4v) is 2.38. The van der Waals surface area contributed by atoms with E-state index in [0.717, 1.165) is 0 Å². The van der Waals surface area contributed by atoms with Crippen molar-refractivity contribution in [2.24, 2.45) is 0 Å². The zero-order valence-corrected chi connectivity index (χ0v) is 11.1. The SMILES string of the molecule is O=C(N[C@H]1CCO[C@H](CO)[C@H]1O)c1onc2ncccc12. The highest BCUT2D eigenvalue weighted by Gasteiger charge is 2.34. The van der Waals surface area contributed by atoms with E-state index in [1.165, 1.54) is 0 Å². The average Bonchev–Trinajstić information content (AvgIpc) is 2.93. The molecule has 0 radical (unpaired) electrons. The Balaban J connectivity index is 1.77. The number of nitrogens with one attached hydrogen (secondary N) is 1. The van der Waals surface area contributed by atoms with Crippen LogP contribution < -0.4 is 5.32 Å². The van der Waals surface area contributed by atoms with Crippen molar-refractivity contribution >= 4 is 16.9 Å². The minimum Gasteiger partial charge on any atom is -0.394 e. The quantitative estimate of drug-likeness (QED) is 0.695. The van der Waals surface area contributed by atoms with Gasteiger partial charge in [0.25, 0.3) is 5.91 Å². The summed E-state index contributed by atoms with van der Waals surface area (Å²) in [7, 11) is 0. The van der Waals surface area contributed by atoms with Crippen molar-refractivity contribution in [3.8, 4) is 0 Å². The maximum absolute atomic E-state index is 12.2. The fraction of sp³-hybridized carbons (Fsp3) is 0.462. The topological polar surface area (TPSA) is 118 Å². The summed E-state index contributed by atoms with van der Waals surface area (Å²) in [5, 5.41) is 26.0. The number of aliphatic hydroxyl groups is 2. The summed E-state index contributed by atoms with van der Waals surface area (Å²) >= 11 is 0. The van der Waals surface area contributed by atoms with Gasteiger partial charge in [0, 0.05) is 12.8 Å². The van der Waals surface area contributed by atoms with Gasteiger partial charge in [0.05, 0.1) is 18.0 Å². The van der Waals surface area contributed by atoms with E-state index in [1.54, 1.807) is 18.3 Å². The summed E-state index contributed by atoms with van der Waals surface area (Å²) < 4.78 is 10.2. The number of aromatic nitrogens is 2. The molecule has 1 saturated heterocycles. The van der Waals surface area contributed by atoms with E-state index < -0.39 is 24.2 Å². The molecule has 8 heteroatoms. The predicted octanol–water partition coefficient (Wildman–Crippen LogP) is -0.537. The van der Waals surface area contributed by atoms with E-state index in [-0.39, 0.29) is 12.4 Å². The minimum absolute atomic E-state index is 0.0531. The molecule has 2 aromatic rings. The number of aliphatic hydroxyl groups excluding tert-OH is 2. The third-order valence-electron chi connectivity index (χ3n) is 3.51. The van der Waals surface area contributed by atoms with Crippen LogP contribution in [0.3, 0.4) is 0 Å². The Labute approximate surface area is 119 Å². The Kier molecular flexibility index (Phi) is 3.82. The van der Waals surface area contributed by atoms with E-state index in [4.69, 9.17) is 14.4 Å². The molecule has 0 bridgehead atoms. The number of carbonyl (C=O) groups is 1. The average molecular weight is 293 g/mol. The van der Waals surface area contributed by atoms with Gasteiger partial charge in [0.1, 0.15) is 12.2 Å². The number of carbonyl (C=O) groups excluding carboxylic acids is 1. The minimum atomic E-state index is -0.972. The van der Waals surface area contributed by atoms with E-state index in [1.807, 2.05) is 0 Å². The molecule has 1 aliphatic rings. The second-order valence-electron chi connectivity index (χ2n) is 4.84. The molecule has 8 nitrogen and oxygen atoms in total. The molecule has 112 valence electrons. The summed E-state index contributed by atoms with van der Waals surface area (Å²) in [6, 6.07) is 2.85. The zero-order chi connectivity index (χ0) is 14.8. The van der Waals surface area contributed by atoms with Crippen LogP contribution in [0.2, 0.25) is 0 Å². The van der Waals surface area contributed by atoms with Gasteiger partial charge in [-0.25, -0.2) is 4.98 Å². The molecule has 1 aliphatic heterocycles. The molecular weight excluding hydrogens is 278 g/mol. The van der Waals surface area contributed by atoms with Gasteiger partial charge in [-0.05, 0) is 18.6 Å². The van der Waals surface area contributed by atoms with Gasteiger partial charge < -0.3 is 24.8 Å². The molecule has 1 amide bonds. The van der Waals surface area contributed by atoms with Crippen molar-refractivity contribution in [2.75, 3.05) is 13.2 Å². The first kappa shape index (κ1) is 13.9. The molecule has 0 spiro atoms. The van der Waals surface area contributed by atoms with Crippen molar-refractivity contribution in [1.29, 1.82) is 0 Å². The lowest BCUT2D eigenvalue weighted by molar-refractivity contribution is -0.107. The summed E-state index contributed by atoms with van der Waals surface area (Å²) in [5.41, 5.74) is 0.350. The summed E-state index contributed by atoms with van der Waals surface area (Å²) in [5.74, 6) is -0.425. The van der Waals surface area contributed by atoms with E-state index in [2.05, 4.69) is 15.5 Å². The number of hydrogen-bond acceptors (Lipinski definition) is 7. The van der Waals surface area contributed by atoms with E-state index in [9.17, 15) is 9.90 Å². The second kappa shape index (κ2) is 5.76. The van der Waals surface area contributed by atoms with Crippen LogP contribution >= 0.6 is 0 Å². The molecule has 0 aromatic carbocycles. The first-order chi connectivity index (χ1) is 10.2. The molecule has 3 atom stereocenters. The molecule has 2 aromatic heterocycles. The standard InChI is InChI=1S/C13H15N3O5/c17-6-9-10(18)8(3-5-20-9)15-13(19)11-7-2-1-4-14-12(7)16-21-11/h1-2,4,8-10,17-18H,3,5-6H2,(H,15,19)/t8-,9+,10-/m0/s1. The number of hydrogen-bond donors (Lipinski definition) is 3. The maximum Gasteiger partial charge on any atom is 0.290 e. The largest absolute Gasteiger partial charge is 0.394 e. The lowest BCUT2D eigenvalue weighted by Crippen LogP contribution is -2.54. The number of amides is 1. The van der Waals surface area contributed by atoms with Crippen LogP contribution in [-0.4, -0.2) is 57.7 Å². The van der Waals surface area contributed by atoms with Crippen LogP contribution in [-0.2, 0) is 4.74 Å². The van der Waals surface area contributed by atoms with Gasteiger partial charge in [-0.15, -0.1) is 0 Å². The molecule has 0 aliphatic carbocycles. The second-order valence-corrected chi connectivity index (χ2v) is 4.84. The number of ether oxygens (including phenoxy) is 1. The third-order valence-corrected chi connectivity index (χ3v) is 3.51. The van der Waals surface area contributed by atoms with Crippen LogP contribution in [0, 0.1) is 0 Å². The fourth-order valence-electron chi connectivity index (χ4n) is 2.38. The molecule has 3 N–H and O–H groups in total. The Morgan fingerprint density at radius 1 is 1.52 bits per heavy atom. The maximum atomic E-state index is 12.2. The zero-order valence-electron chi connectivity index (χ0n) is 11.1. The Morgan fingerprint density at radius 2 is 2.38 bits per heavy atom. The Morgan fingerprint density at radius 3 is 3.19 bits per heavy atom. The molecule has 21 heavy (non-hydrogen) atoms. The van der Waals surface area contributed by atoms with Crippen LogP contribution in [0.5, 0.6) is 0 Å². The summed E-state index contributed by atoms with van der Waals surface area (Å²) in [6.45, 7) is 0.0502. The van der Waals surface area contributed by atoms with Crippen LogP contribution in [0.15, 0.2) is 22.9 Å². The van der Waals surface area contributed by atoms with Crippen molar-refractivity contribution < 1.29 is 24.3 Å². The van der Waals surface area contributed by atoms with Gasteiger partial charge in [0.2, 0.25) is 11.4 Å². The number of nitrogens with zero attached hydrogens (tertiary/aromatic N) is 2. The van der Waals surface area contributed by atoms with Crippen LogP contribution in [0.4, 0.5) is 0 Å². The lowest BCUT2D eigenvalue weighted by atomic mass is 10.00. The summed E-state index contributed by atoms with van der Waals surface area (Å²) in [6.07, 6.45) is 0.339. The normalized spacial score (nSPS) is 25.9. The van der Waals surface area contributed by atoms with Crippen LogP contribution in [0.1, 0.15) is 17.0 Å². The van der Waals surface area contributed by atoms with E-state index >= 15 is 0 Å². The van der Waals surface area contributed by atoms with Crippen molar-refractivity contribution in [3.63, 3.8) is 0 Å². The van der Waals surface area contributed by atoms with Crippen molar-refractivity contribution in [3.05, 3.63) is 24.1 Å². The van der Waals surface area contributed by atoms with E-state index in [0.29, 0.717) is 24.1 Å². The number of rotatable bonds is 3. The highest BCUT2D eigenvalue weighted by Crippen LogP contribution is 2.18. The lowest BCUT2D eigenvalue weighted by Gasteiger charge is -2.34. The Bertz CT molecular complexity index is 644. The summed E-state index contributed by atoms with van der Waals surface area (Å²) in [4.78, 5) is 16.2. The van der Waals surface area contributed by atoms with Gasteiger partial charge >= 0.3 is 0 Å². The van der Waals surface area contributed by atoms with Gasteiger partial charge in [-0.3, -0.25) is 4.79 Å². The number of pyridine rings is 1. The molecule has 0 unspecified atom stereocenters. The smallest absolute Gasteiger partial charge is 0.290 e. The number of fused-ring (bicyclic) bond motifs is 1. The van der Waals surface area contributed by atoms with Gasteiger partial charge in [-0.1, -0.05) is 5.16 Å². The van der Waals surface area contributed by atoms with Crippen molar-refractivity contribution in [2.45, 2.75) is 24.7 Å². The Hall–Kier alpha value is -2.03. The van der Waals surface area contributed by atoms with Gasteiger partial charge in [-0.2, -0.15) is 0 Å². The first-order valence-electron chi connectivity index (χ1n) is 6.62.